The van der Waals surface area contributed by atoms with Crippen LogP contribution in [0.2, 0.25) is 0 Å². The zero-order chi connectivity index (χ0) is 16.1. The van der Waals surface area contributed by atoms with Gasteiger partial charge in [-0.15, -0.1) is 0 Å². The fraction of sp³-hybridized carbons (Fsp3) is 0.167. The highest BCUT2D eigenvalue weighted by Gasteiger charge is 2.06. The summed E-state index contributed by atoms with van der Waals surface area (Å²) in [6.45, 7) is 6.11. The molecule has 22 heavy (non-hydrogen) atoms. The molecule has 0 radical (unpaired) electrons. The lowest BCUT2D eigenvalue weighted by molar-refractivity contribution is 0.255. The van der Waals surface area contributed by atoms with Crippen LogP contribution >= 0.6 is 11.6 Å². The molecular weight excluding hydrogens is 296 g/mol. The van der Waals surface area contributed by atoms with Crippen molar-refractivity contribution in [2.24, 2.45) is 0 Å². The van der Waals surface area contributed by atoms with Crippen molar-refractivity contribution in [3.05, 3.63) is 69.9 Å². The van der Waals surface area contributed by atoms with E-state index in [0.717, 1.165) is 16.7 Å². The largest absolute Gasteiger partial charge is 0.324 e. The normalized spacial score (nSPS) is 11.2. The molecule has 0 unspecified atom stereocenters. The minimum Gasteiger partial charge on any atom is -0.308 e. The van der Waals surface area contributed by atoms with Crippen molar-refractivity contribution < 1.29 is 4.79 Å². The van der Waals surface area contributed by atoms with E-state index in [1.165, 1.54) is 5.56 Å². The van der Waals surface area contributed by atoms with E-state index in [1.54, 1.807) is 6.08 Å². The second-order valence-corrected chi connectivity index (χ2v) is 5.66. The summed E-state index contributed by atoms with van der Waals surface area (Å²) in [5.74, 6) is 0. The summed E-state index contributed by atoms with van der Waals surface area (Å²) in [4.78, 5) is 11.9. The summed E-state index contributed by atoms with van der Waals surface area (Å²) < 4.78 is 0. The lowest BCUT2D eigenvalue weighted by atomic mass is 10.00. The number of carbonyl (C=O) groups excluding carboxylic acids is 1. The average Bonchev–Trinajstić information content (AvgIpc) is 2.43. The Morgan fingerprint density at radius 1 is 1.05 bits per heavy atom. The van der Waals surface area contributed by atoms with Crippen molar-refractivity contribution in [1.82, 2.24) is 5.32 Å². The van der Waals surface area contributed by atoms with Crippen LogP contribution in [0.1, 0.15) is 22.3 Å². The number of hydrogen-bond acceptors (Lipinski definition) is 1. The van der Waals surface area contributed by atoms with Crippen molar-refractivity contribution >= 4 is 29.4 Å². The van der Waals surface area contributed by atoms with Gasteiger partial charge in [-0.1, -0.05) is 47.5 Å². The summed E-state index contributed by atoms with van der Waals surface area (Å²) in [5.41, 5.74) is 5.20. The lowest BCUT2D eigenvalue weighted by Gasteiger charge is -2.10. The van der Waals surface area contributed by atoms with Crippen molar-refractivity contribution in [3.63, 3.8) is 0 Å². The fourth-order valence-electron chi connectivity index (χ4n) is 2.37. The molecule has 0 spiro atoms. The predicted octanol–water partition coefficient (Wildman–Crippen LogP) is 4.97. The summed E-state index contributed by atoms with van der Waals surface area (Å²) in [6, 6.07) is 13.0. The highest BCUT2D eigenvalue weighted by Crippen LogP contribution is 2.20. The monoisotopic (exact) mass is 314 g/mol. The summed E-state index contributed by atoms with van der Waals surface area (Å²) in [7, 11) is 0. The summed E-state index contributed by atoms with van der Waals surface area (Å²) in [5, 5.41) is 5.63. The number of anilines is 1. The number of halogens is 1. The minimum absolute atomic E-state index is 0.281. The molecule has 4 heteroatoms. The molecule has 2 amide bonds. The average molecular weight is 315 g/mol. The number of rotatable bonds is 3. The van der Waals surface area contributed by atoms with Gasteiger partial charge in [0.15, 0.2) is 0 Å². The van der Waals surface area contributed by atoms with Crippen molar-refractivity contribution in [2.45, 2.75) is 20.8 Å². The molecule has 2 rings (SSSR count). The van der Waals surface area contributed by atoms with Gasteiger partial charge in [-0.05, 0) is 55.7 Å². The first kappa shape index (κ1) is 16.1. The van der Waals surface area contributed by atoms with Gasteiger partial charge < -0.3 is 5.32 Å². The van der Waals surface area contributed by atoms with Crippen LogP contribution in [0.4, 0.5) is 10.5 Å². The Bertz CT molecular complexity index is 685. The molecule has 2 aromatic rings. The second-order valence-electron chi connectivity index (χ2n) is 5.25. The Morgan fingerprint density at radius 2 is 1.64 bits per heavy atom. The van der Waals surface area contributed by atoms with E-state index in [2.05, 4.69) is 29.7 Å². The van der Waals surface area contributed by atoms with Gasteiger partial charge in [0.2, 0.25) is 0 Å². The SMILES string of the molecule is Cc1cc(C)c(/C=C(\Cl)NC(=O)Nc2ccccc2)c(C)c1. The first-order chi connectivity index (χ1) is 10.5. The molecule has 2 aromatic carbocycles. The highest BCUT2D eigenvalue weighted by molar-refractivity contribution is 6.32. The Hall–Kier alpha value is -2.26. The number of para-hydroxylation sites is 1. The number of carbonyl (C=O) groups is 1. The maximum Gasteiger partial charge on any atom is 0.324 e. The topological polar surface area (TPSA) is 41.1 Å². The van der Waals surface area contributed by atoms with Crippen LogP contribution in [0.25, 0.3) is 6.08 Å². The maximum absolute atomic E-state index is 11.9. The second kappa shape index (κ2) is 7.14. The van der Waals surface area contributed by atoms with E-state index in [9.17, 15) is 4.79 Å². The molecule has 0 fully saturated rings. The number of benzene rings is 2. The standard InChI is InChI=1S/C18H19ClN2O/c1-12-9-13(2)16(14(3)10-12)11-17(19)21-18(22)20-15-7-5-4-6-8-15/h4-11H,1-3H3,(H2,20,21,22)/b17-11+. The molecule has 0 aliphatic carbocycles. The molecule has 0 bridgehead atoms. The third-order valence-electron chi connectivity index (χ3n) is 3.27. The molecule has 0 aliphatic heterocycles. The Morgan fingerprint density at radius 3 is 2.23 bits per heavy atom. The van der Waals surface area contributed by atoms with E-state index in [1.807, 2.05) is 44.2 Å². The Balaban J connectivity index is 2.09. The van der Waals surface area contributed by atoms with Gasteiger partial charge >= 0.3 is 6.03 Å². The van der Waals surface area contributed by atoms with E-state index in [-0.39, 0.29) is 11.2 Å². The molecule has 0 saturated heterocycles. The van der Waals surface area contributed by atoms with E-state index in [4.69, 9.17) is 11.6 Å². The molecule has 0 aromatic heterocycles. The van der Waals surface area contributed by atoms with Crippen LogP contribution in [0.5, 0.6) is 0 Å². The number of aryl methyl sites for hydroxylation is 3. The van der Waals surface area contributed by atoms with Gasteiger partial charge in [-0.3, -0.25) is 5.32 Å². The van der Waals surface area contributed by atoms with E-state index < -0.39 is 0 Å². The van der Waals surface area contributed by atoms with Gasteiger partial charge in [0.1, 0.15) is 5.16 Å². The Kier molecular flexibility index (Phi) is 5.23. The van der Waals surface area contributed by atoms with Crippen LogP contribution in [0.15, 0.2) is 47.6 Å². The highest BCUT2D eigenvalue weighted by atomic mass is 35.5. The lowest BCUT2D eigenvalue weighted by Crippen LogP contribution is -2.26. The van der Waals surface area contributed by atoms with Crippen molar-refractivity contribution in [1.29, 1.82) is 0 Å². The number of nitrogens with one attached hydrogen (secondary N) is 2. The van der Waals surface area contributed by atoms with Crippen LogP contribution in [0, 0.1) is 20.8 Å². The van der Waals surface area contributed by atoms with Crippen LogP contribution in [-0.2, 0) is 0 Å². The van der Waals surface area contributed by atoms with Gasteiger partial charge in [-0.25, -0.2) is 4.79 Å². The summed E-state index contributed by atoms with van der Waals surface area (Å²) >= 11 is 6.15. The third-order valence-corrected chi connectivity index (χ3v) is 3.48. The minimum atomic E-state index is -0.366. The Labute approximate surface area is 136 Å². The van der Waals surface area contributed by atoms with Gasteiger partial charge in [-0.2, -0.15) is 0 Å². The number of amides is 2. The van der Waals surface area contributed by atoms with Gasteiger partial charge in [0.25, 0.3) is 0 Å². The van der Waals surface area contributed by atoms with Crippen LogP contribution in [-0.4, -0.2) is 6.03 Å². The van der Waals surface area contributed by atoms with E-state index in [0.29, 0.717) is 5.69 Å². The quantitative estimate of drug-likeness (QED) is 0.771. The smallest absolute Gasteiger partial charge is 0.308 e. The fourth-order valence-corrected chi connectivity index (χ4v) is 2.57. The molecular formula is C18H19ClN2O. The van der Waals surface area contributed by atoms with Crippen molar-refractivity contribution in [3.8, 4) is 0 Å². The first-order valence-corrected chi connectivity index (χ1v) is 7.41. The summed E-state index contributed by atoms with van der Waals surface area (Å²) in [6.07, 6.45) is 1.77. The molecule has 3 nitrogen and oxygen atoms in total. The molecule has 0 aliphatic rings. The van der Waals surface area contributed by atoms with Crippen molar-refractivity contribution in [2.75, 3.05) is 5.32 Å². The van der Waals surface area contributed by atoms with E-state index >= 15 is 0 Å². The maximum atomic E-state index is 11.9. The molecule has 0 heterocycles. The predicted molar refractivity (Wildman–Crippen MR) is 93.1 cm³/mol. The van der Waals surface area contributed by atoms with Crippen LogP contribution < -0.4 is 10.6 Å². The van der Waals surface area contributed by atoms with Gasteiger partial charge in [0, 0.05) is 5.69 Å². The molecule has 0 saturated carbocycles. The number of urea groups is 1. The molecule has 2 N–H and O–H groups in total. The van der Waals surface area contributed by atoms with Gasteiger partial charge in [0.05, 0.1) is 0 Å². The zero-order valence-corrected chi connectivity index (χ0v) is 13.7. The molecule has 0 atom stereocenters. The van der Waals surface area contributed by atoms with Crippen LogP contribution in [0.3, 0.4) is 0 Å². The first-order valence-electron chi connectivity index (χ1n) is 7.04. The zero-order valence-electron chi connectivity index (χ0n) is 12.9. The number of hydrogen-bond donors (Lipinski definition) is 2. The molecule has 114 valence electrons. The third kappa shape index (κ3) is 4.37.